The number of fused-ring (bicyclic) bond motifs is 1. The zero-order valence-electron chi connectivity index (χ0n) is 23.1. The highest BCUT2D eigenvalue weighted by molar-refractivity contribution is 5.85. The molecule has 0 spiro atoms. The fraction of sp³-hybridized carbons (Fsp3) is 0.706. The lowest BCUT2D eigenvalue weighted by Crippen LogP contribution is -2.18. The van der Waals surface area contributed by atoms with Crippen molar-refractivity contribution in [3.05, 3.63) is 47.0 Å². The van der Waals surface area contributed by atoms with E-state index in [4.69, 9.17) is 0 Å². The second-order valence-corrected chi connectivity index (χ2v) is 12.3. The highest BCUT2D eigenvalue weighted by Gasteiger charge is 2.28. The molecular weight excluding hydrogens is 446 g/mol. The van der Waals surface area contributed by atoms with Gasteiger partial charge in [0.05, 0.1) is 0 Å². The Morgan fingerprint density at radius 1 is 0.639 bits per heavy atom. The Kier molecular flexibility index (Phi) is 10.7. The van der Waals surface area contributed by atoms with Crippen LogP contribution >= 0.6 is 0 Å². The van der Waals surface area contributed by atoms with Crippen molar-refractivity contribution in [2.24, 2.45) is 17.8 Å². The summed E-state index contributed by atoms with van der Waals surface area (Å²) in [7, 11) is 0. The molecule has 0 aliphatic heterocycles. The average molecular weight is 497 g/mol. The molecule has 2 aliphatic rings. The first-order chi connectivity index (χ1) is 17.6. The summed E-state index contributed by atoms with van der Waals surface area (Å²) in [6, 6.07) is 7.94. The summed E-state index contributed by atoms with van der Waals surface area (Å²) in [6.07, 6.45) is 22.9. The van der Waals surface area contributed by atoms with Crippen molar-refractivity contribution in [3.8, 4) is 0 Å². The Hall–Kier alpha value is -1.44. The summed E-state index contributed by atoms with van der Waals surface area (Å²) in [4.78, 5) is 0. The molecule has 200 valence electrons. The zero-order valence-corrected chi connectivity index (χ0v) is 23.1. The minimum atomic E-state index is -0.632. The SMILES string of the molecule is CCCCCc1ccc2cc(C3CCC(CCC4CCC(CCCCC)CC4)CC3)c(F)c(F)c2c1. The summed E-state index contributed by atoms with van der Waals surface area (Å²) in [5.41, 5.74) is 1.74. The molecule has 2 heteroatoms. The maximum Gasteiger partial charge on any atom is 0.166 e. The minimum Gasteiger partial charge on any atom is -0.203 e. The summed E-state index contributed by atoms with van der Waals surface area (Å²) >= 11 is 0. The number of benzene rings is 2. The molecule has 0 unspecified atom stereocenters. The van der Waals surface area contributed by atoms with Gasteiger partial charge in [-0.05, 0) is 90.8 Å². The van der Waals surface area contributed by atoms with E-state index in [1.54, 1.807) is 0 Å². The van der Waals surface area contributed by atoms with Crippen LogP contribution < -0.4 is 0 Å². The van der Waals surface area contributed by atoms with Gasteiger partial charge < -0.3 is 0 Å². The van der Waals surface area contributed by atoms with E-state index in [0.717, 1.165) is 54.4 Å². The van der Waals surface area contributed by atoms with Crippen LogP contribution in [0.1, 0.15) is 140 Å². The third-order valence-electron chi connectivity index (χ3n) is 9.63. The van der Waals surface area contributed by atoms with E-state index in [1.165, 1.54) is 89.9 Å². The minimum absolute atomic E-state index is 0.169. The van der Waals surface area contributed by atoms with Gasteiger partial charge in [0.1, 0.15) is 0 Å². The molecule has 36 heavy (non-hydrogen) atoms. The Morgan fingerprint density at radius 2 is 1.22 bits per heavy atom. The van der Waals surface area contributed by atoms with Crippen LogP contribution in [-0.2, 0) is 6.42 Å². The predicted octanol–water partition coefficient (Wildman–Crippen LogP) is 11.3. The predicted molar refractivity (Wildman–Crippen MR) is 151 cm³/mol. The first-order valence-corrected chi connectivity index (χ1v) is 15.5. The molecule has 0 nitrogen and oxygen atoms in total. The molecular formula is C34H50F2. The van der Waals surface area contributed by atoms with Gasteiger partial charge in [-0.1, -0.05) is 103 Å². The lowest BCUT2D eigenvalue weighted by Gasteiger charge is -2.32. The number of halogens is 2. The molecule has 4 rings (SSSR count). The van der Waals surface area contributed by atoms with Crippen LogP contribution in [0.4, 0.5) is 8.78 Å². The topological polar surface area (TPSA) is 0 Å². The van der Waals surface area contributed by atoms with E-state index < -0.39 is 11.6 Å². The van der Waals surface area contributed by atoms with E-state index in [2.05, 4.69) is 19.9 Å². The lowest BCUT2D eigenvalue weighted by atomic mass is 9.73. The average Bonchev–Trinajstić information content (AvgIpc) is 2.91. The van der Waals surface area contributed by atoms with E-state index >= 15 is 8.78 Å². The van der Waals surface area contributed by atoms with Gasteiger partial charge in [0.25, 0.3) is 0 Å². The van der Waals surface area contributed by atoms with Gasteiger partial charge in [-0.15, -0.1) is 0 Å². The van der Waals surface area contributed by atoms with Crippen molar-refractivity contribution >= 4 is 10.8 Å². The van der Waals surface area contributed by atoms with Gasteiger partial charge in [-0.25, -0.2) is 8.78 Å². The van der Waals surface area contributed by atoms with E-state index in [0.29, 0.717) is 10.9 Å². The molecule has 2 aromatic carbocycles. The Labute approximate surface area is 219 Å². The molecule has 2 saturated carbocycles. The van der Waals surface area contributed by atoms with Crippen molar-refractivity contribution in [1.29, 1.82) is 0 Å². The summed E-state index contributed by atoms with van der Waals surface area (Å²) in [5.74, 6) is 1.65. The van der Waals surface area contributed by atoms with Crippen molar-refractivity contribution < 1.29 is 8.78 Å². The van der Waals surface area contributed by atoms with Crippen LogP contribution in [-0.4, -0.2) is 0 Å². The summed E-state index contributed by atoms with van der Waals surface area (Å²) < 4.78 is 30.3. The highest BCUT2D eigenvalue weighted by atomic mass is 19.2. The first-order valence-electron chi connectivity index (χ1n) is 15.5. The van der Waals surface area contributed by atoms with Crippen LogP contribution in [0.25, 0.3) is 10.8 Å². The fourth-order valence-electron chi connectivity index (χ4n) is 7.15. The normalized spacial score (nSPS) is 24.9. The lowest BCUT2D eigenvalue weighted by molar-refractivity contribution is 0.221. The van der Waals surface area contributed by atoms with E-state index in [9.17, 15) is 0 Å². The van der Waals surface area contributed by atoms with Crippen LogP contribution in [0.15, 0.2) is 24.3 Å². The van der Waals surface area contributed by atoms with Crippen LogP contribution in [0, 0.1) is 29.4 Å². The second kappa shape index (κ2) is 13.9. The van der Waals surface area contributed by atoms with Gasteiger partial charge in [0.15, 0.2) is 11.6 Å². The monoisotopic (exact) mass is 496 g/mol. The molecule has 0 aromatic heterocycles. The smallest absolute Gasteiger partial charge is 0.166 e. The standard InChI is InChI=1S/C34H50F2/c1-3-5-7-9-25-11-13-26(14-12-25)15-16-27-17-20-29(21-18-27)32-24-30-22-19-28(10-8-6-4-2)23-31(30)33(35)34(32)36/h19,22-27,29H,3-18,20-21H2,1-2H3. The fourth-order valence-corrected chi connectivity index (χ4v) is 7.15. The highest BCUT2D eigenvalue weighted by Crippen LogP contribution is 2.42. The van der Waals surface area contributed by atoms with Crippen molar-refractivity contribution in [2.45, 2.75) is 135 Å². The van der Waals surface area contributed by atoms with Gasteiger partial charge in [-0.3, -0.25) is 0 Å². The van der Waals surface area contributed by atoms with Gasteiger partial charge in [0, 0.05) is 5.39 Å². The van der Waals surface area contributed by atoms with Crippen molar-refractivity contribution in [2.75, 3.05) is 0 Å². The third kappa shape index (κ3) is 7.32. The Morgan fingerprint density at radius 3 is 1.86 bits per heavy atom. The molecule has 2 aliphatic carbocycles. The van der Waals surface area contributed by atoms with Gasteiger partial charge in [0.2, 0.25) is 0 Å². The van der Waals surface area contributed by atoms with Gasteiger partial charge in [-0.2, -0.15) is 0 Å². The molecule has 2 aromatic rings. The summed E-state index contributed by atoms with van der Waals surface area (Å²) in [5, 5.41) is 1.31. The first kappa shape index (κ1) is 27.6. The van der Waals surface area contributed by atoms with Crippen molar-refractivity contribution in [1.82, 2.24) is 0 Å². The maximum atomic E-state index is 15.2. The number of unbranched alkanes of at least 4 members (excludes halogenated alkanes) is 4. The molecule has 0 atom stereocenters. The van der Waals surface area contributed by atoms with Gasteiger partial charge >= 0.3 is 0 Å². The Bertz CT molecular complexity index is 932. The molecule has 0 N–H and O–H groups in total. The van der Waals surface area contributed by atoms with Crippen LogP contribution in [0.2, 0.25) is 0 Å². The number of rotatable bonds is 12. The van der Waals surface area contributed by atoms with E-state index in [1.807, 2.05) is 18.2 Å². The quantitative estimate of drug-likeness (QED) is 0.256. The largest absolute Gasteiger partial charge is 0.203 e. The number of hydrogen-bond donors (Lipinski definition) is 0. The second-order valence-electron chi connectivity index (χ2n) is 12.3. The molecule has 0 heterocycles. The number of hydrogen-bond acceptors (Lipinski definition) is 0. The molecule has 2 fully saturated rings. The number of aryl methyl sites for hydroxylation is 1. The zero-order chi connectivity index (χ0) is 25.3. The molecule has 0 bridgehead atoms. The molecule has 0 amide bonds. The van der Waals surface area contributed by atoms with Crippen molar-refractivity contribution in [3.63, 3.8) is 0 Å². The molecule has 0 saturated heterocycles. The van der Waals surface area contributed by atoms with E-state index in [-0.39, 0.29) is 5.92 Å². The third-order valence-corrected chi connectivity index (χ3v) is 9.63. The maximum absolute atomic E-state index is 15.2. The molecule has 0 radical (unpaired) electrons. The summed E-state index contributed by atoms with van der Waals surface area (Å²) in [6.45, 7) is 4.48. The van der Waals surface area contributed by atoms with Crippen LogP contribution in [0.5, 0.6) is 0 Å². The van der Waals surface area contributed by atoms with Crippen LogP contribution in [0.3, 0.4) is 0 Å². The Balaban J connectivity index is 1.26.